The van der Waals surface area contributed by atoms with Crippen molar-refractivity contribution in [3.63, 3.8) is 0 Å². The fraction of sp³-hybridized carbons (Fsp3) is 0.778. The topological polar surface area (TPSA) is 46.6 Å². The molecule has 0 radical (unpaired) electrons. The number of likely N-dealkylation sites (tertiary alicyclic amines) is 1. The lowest BCUT2D eigenvalue weighted by atomic mass is 10.2. The summed E-state index contributed by atoms with van der Waals surface area (Å²) in [6.45, 7) is 8.58. The molecule has 0 spiro atoms. The van der Waals surface area contributed by atoms with E-state index in [4.69, 9.17) is 4.74 Å². The smallest absolute Gasteiger partial charge is 0.182 e. The summed E-state index contributed by atoms with van der Waals surface area (Å²) in [6, 6.07) is 0. The van der Waals surface area contributed by atoms with Crippen LogP contribution in [0, 0.1) is 0 Å². The molecule has 0 aromatic rings. The van der Waals surface area contributed by atoms with Crippen molar-refractivity contribution in [1.29, 1.82) is 0 Å². The second kappa shape index (κ2) is 3.81. The maximum atomic E-state index is 11.1. The first-order valence-corrected chi connectivity index (χ1v) is 6.55. The van der Waals surface area contributed by atoms with Gasteiger partial charge in [-0.15, -0.1) is 0 Å². The van der Waals surface area contributed by atoms with E-state index in [1.165, 1.54) is 6.26 Å². The fourth-order valence-corrected chi connectivity index (χ4v) is 2.16. The van der Waals surface area contributed by atoms with Crippen LogP contribution in [0.4, 0.5) is 0 Å². The molecule has 1 rings (SSSR count). The summed E-state index contributed by atoms with van der Waals surface area (Å²) < 4.78 is 27.6. The van der Waals surface area contributed by atoms with Crippen molar-refractivity contribution in [2.75, 3.05) is 19.3 Å². The molecule has 14 heavy (non-hydrogen) atoms. The molecule has 5 heteroatoms. The van der Waals surface area contributed by atoms with E-state index in [0.29, 0.717) is 19.0 Å². The van der Waals surface area contributed by atoms with Gasteiger partial charge in [0, 0.05) is 19.3 Å². The highest BCUT2D eigenvalue weighted by atomic mass is 32.2. The average Bonchev–Trinajstić information content (AvgIpc) is 1.75. The summed E-state index contributed by atoms with van der Waals surface area (Å²) in [7, 11) is -2.90. The van der Waals surface area contributed by atoms with Gasteiger partial charge in [-0.05, 0) is 20.4 Å². The van der Waals surface area contributed by atoms with Gasteiger partial charge in [-0.25, -0.2) is 8.42 Å². The Bertz CT molecular complexity index is 315. The molecule has 82 valence electrons. The third-order valence-corrected chi connectivity index (χ3v) is 3.69. The Morgan fingerprint density at radius 2 is 2.00 bits per heavy atom. The first-order valence-electron chi connectivity index (χ1n) is 4.60. The van der Waals surface area contributed by atoms with Gasteiger partial charge in [0.1, 0.15) is 0 Å². The Morgan fingerprint density at radius 3 is 2.36 bits per heavy atom. The van der Waals surface area contributed by atoms with Crippen LogP contribution in [0.15, 0.2) is 12.5 Å². The van der Waals surface area contributed by atoms with E-state index in [1.807, 2.05) is 18.7 Å². The molecule has 0 aromatic heterocycles. The van der Waals surface area contributed by atoms with Gasteiger partial charge < -0.3 is 9.64 Å². The quantitative estimate of drug-likeness (QED) is 0.650. The van der Waals surface area contributed by atoms with E-state index < -0.39 is 9.84 Å². The summed E-state index contributed by atoms with van der Waals surface area (Å²) in [5.74, 6) is 0.569. The summed E-state index contributed by atoms with van der Waals surface area (Å²) in [5, 5.41) is -0.255. The van der Waals surface area contributed by atoms with Crippen molar-refractivity contribution in [1.82, 2.24) is 4.90 Å². The number of rotatable bonds is 4. The monoisotopic (exact) mass is 219 g/mol. The maximum Gasteiger partial charge on any atom is 0.182 e. The van der Waals surface area contributed by atoms with E-state index in [9.17, 15) is 8.42 Å². The lowest BCUT2D eigenvalue weighted by Gasteiger charge is -2.40. The molecule has 0 bridgehead atoms. The van der Waals surface area contributed by atoms with Gasteiger partial charge in [0.05, 0.1) is 11.4 Å². The summed E-state index contributed by atoms with van der Waals surface area (Å²) in [5.41, 5.74) is 0. The SMILES string of the molecule is C=C(OC(C)C)N1CC(S(C)(=O)=O)C1. The van der Waals surface area contributed by atoms with E-state index in [-0.39, 0.29) is 11.4 Å². The third-order valence-electron chi connectivity index (χ3n) is 2.18. The fourth-order valence-electron chi connectivity index (χ4n) is 1.26. The average molecular weight is 219 g/mol. The first kappa shape index (κ1) is 11.4. The summed E-state index contributed by atoms with van der Waals surface area (Å²) >= 11 is 0. The van der Waals surface area contributed by atoms with Gasteiger partial charge in [-0.3, -0.25) is 0 Å². The number of ether oxygens (including phenoxy) is 1. The molecule has 1 fully saturated rings. The molecule has 0 amide bonds. The number of sulfone groups is 1. The molecule has 0 saturated carbocycles. The van der Waals surface area contributed by atoms with Crippen LogP contribution >= 0.6 is 0 Å². The highest BCUT2D eigenvalue weighted by molar-refractivity contribution is 7.91. The molecule has 1 heterocycles. The third kappa shape index (κ3) is 2.64. The van der Waals surface area contributed by atoms with E-state index in [2.05, 4.69) is 6.58 Å². The Kier molecular flexibility index (Phi) is 3.09. The van der Waals surface area contributed by atoms with Crippen molar-refractivity contribution in [3.05, 3.63) is 12.5 Å². The second-order valence-electron chi connectivity index (χ2n) is 3.92. The number of nitrogens with zero attached hydrogens (tertiary/aromatic N) is 1. The standard InChI is InChI=1S/C9H17NO3S/c1-7(2)13-8(3)10-5-9(6-10)14(4,11)12/h7,9H,3,5-6H2,1-2,4H3. The minimum Gasteiger partial charge on any atom is -0.477 e. The van der Waals surface area contributed by atoms with Crippen LogP contribution in [-0.4, -0.2) is 44.0 Å². The predicted octanol–water partition coefficient (Wildman–Crippen LogP) is 0.611. The van der Waals surface area contributed by atoms with Crippen molar-refractivity contribution in [2.45, 2.75) is 25.2 Å². The largest absolute Gasteiger partial charge is 0.477 e. The van der Waals surface area contributed by atoms with Gasteiger partial charge in [0.2, 0.25) is 0 Å². The lowest BCUT2D eigenvalue weighted by Crippen LogP contribution is -2.53. The summed E-state index contributed by atoms with van der Waals surface area (Å²) in [6.07, 6.45) is 1.35. The van der Waals surface area contributed by atoms with Crippen molar-refractivity contribution in [2.24, 2.45) is 0 Å². The van der Waals surface area contributed by atoms with Gasteiger partial charge in [0.25, 0.3) is 0 Å². The highest BCUT2D eigenvalue weighted by Crippen LogP contribution is 2.20. The Labute approximate surface area is 85.5 Å². The molecule has 1 aliphatic heterocycles. The number of hydrogen-bond donors (Lipinski definition) is 0. The molecule has 0 N–H and O–H groups in total. The maximum absolute atomic E-state index is 11.1. The van der Waals surface area contributed by atoms with Crippen LogP contribution in [-0.2, 0) is 14.6 Å². The molecule has 0 atom stereocenters. The van der Waals surface area contributed by atoms with Crippen LogP contribution in [0.2, 0.25) is 0 Å². The zero-order valence-corrected chi connectivity index (χ0v) is 9.67. The van der Waals surface area contributed by atoms with Crippen LogP contribution in [0.1, 0.15) is 13.8 Å². The zero-order chi connectivity index (χ0) is 10.9. The molecule has 0 aliphatic carbocycles. The van der Waals surface area contributed by atoms with Crippen LogP contribution in [0.3, 0.4) is 0 Å². The molecule has 0 unspecified atom stereocenters. The van der Waals surface area contributed by atoms with Gasteiger partial charge in [-0.1, -0.05) is 0 Å². The van der Waals surface area contributed by atoms with Crippen LogP contribution < -0.4 is 0 Å². The van der Waals surface area contributed by atoms with Crippen LogP contribution in [0.25, 0.3) is 0 Å². The molecular weight excluding hydrogens is 202 g/mol. The highest BCUT2D eigenvalue weighted by Gasteiger charge is 2.35. The van der Waals surface area contributed by atoms with E-state index in [0.717, 1.165) is 0 Å². The lowest BCUT2D eigenvalue weighted by molar-refractivity contribution is 0.0471. The molecule has 1 aliphatic rings. The Balaban J connectivity index is 2.38. The number of hydrogen-bond acceptors (Lipinski definition) is 4. The van der Waals surface area contributed by atoms with Crippen molar-refractivity contribution < 1.29 is 13.2 Å². The predicted molar refractivity (Wildman–Crippen MR) is 55.6 cm³/mol. The van der Waals surface area contributed by atoms with Gasteiger partial charge in [-0.2, -0.15) is 0 Å². The van der Waals surface area contributed by atoms with Crippen LogP contribution in [0.5, 0.6) is 0 Å². The van der Waals surface area contributed by atoms with E-state index >= 15 is 0 Å². The molecule has 0 aromatic carbocycles. The molecular formula is C9H17NO3S. The van der Waals surface area contributed by atoms with Crippen molar-refractivity contribution >= 4 is 9.84 Å². The van der Waals surface area contributed by atoms with Gasteiger partial charge in [0.15, 0.2) is 15.7 Å². The normalized spacial score (nSPS) is 18.1. The van der Waals surface area contributed by atoms with Crippen molar-refractivity contribution in [3.8, 4) is 0 Å². The molecule has 1 saturated heterocycles. The first-order chi connectivity index (χ1) is 6.30. The minimum absolute atomic E-state index is 0.0831. The molecule has 4 nitrogen and oxygen atoms in total. The second-order valence-corrected chi connectivity index (χ2v) is 6.24. The summed E-state index contributed by atoms with van der Waals surface area (Å²) in [4.78, 5) is 1.84. The minimum atomic E-state index is -2.90. The van der Waals surface area contributed by atoms with E-state index in [1.54, 1.807) is 0 Å². The Morgan fingerprint density at radius 1 is 1.50 bits per heavy atom. The Hall–Kier alpha value is -0.710. The zero-order valence-electron chi connectivity index (χ0n) is 8.86. The van der Waals surface area contributed by atoms with Gasteiger partial charge >= 0.3 is 0 Å².